The molecule has 1 N–H and O–H groups in total. The molecule has 0 aromatic carbocycles. The number of nitrogens with zero attached hydrogens (tertiary/aromatic N) is 1. The van der Waals surface area contributed by atoms with Crippen LogP contribution in [-0.4, -0.2) is 64.9 Å². The Morgan fingerprint density at radius 3 is 2.44 bits per heavy atom. The van der Waals surface area contributed by atoms with Gasteiger partial charge < -0.3 is 19.7 Å². The summed E-state index contributed by atoms with van der Waals surface area (Å²) in [7, 11) is 5.26. The molecule has 1 amide bonds. The molecule has 18 heavy (non-hydrogen) atoms. The summed E-state index contributed by atoms with van der Waals surface area (Å²) in [4.78, 5) is 12.9. The predicted molar refractivity (Wildman–Crippen MR) is 72.7 cm³/mol. The maximum absolute atomic E-state index is 11.3. The average molecular weight is 260 g/mol. The highest BCUT2D eigenvalue weighted by Gasteiger charge is 2.01. The number of unbranched alkanes of at least 4 members (excludes halogenated alkanes) is 1. The Bertz CT molecular complexity index is 199. The molecule has 0 atom stereocenters. The van der Waals surface area contributed by atoms with Gasteiger partial charge in [-0.3, -0.25) is 4.79 Å². The Balaban J connectivity index is 3.05. The van der Waals surface area contributed by atoms with Crippen LogP contribution in [0, 0.1) is 0 Å². The minimum atomic E-state index is 0.198. The number of carbonyl (C=O) groups excluding carboxylic acids is 1. The number of rotatable bonds is 12. The highest BCUT2D eigenvalue weighted by Crippen LogP contribution is 1.93. The summed E-state index contributed by atoms with van der Waals surface area (Å²) in [5.74, 6) is 0.198. The average Bonchev–Trinajstić information content (AvgIpc) is 2.35. The van der Waals surface area contributed by atoms with Crippen molar-refractivity contribution in [1.82, 2.24) is 10.2 Å². The van der Waals surface area contributed by atoms with Crippen molar-refractivity contribution in [2.45, 2.75) is 25.7 Å². The molecule has 0 aliphatic heterocycles. The van der Waals surface area contributed by atoms with Crippen LogP contribution >= 0.6 is 0 Å². The molecular weight excluding hydrogens is 232 g/mol. The molecule has 0 aromatic rings. The third-order valence-electron chi connectivity index (χ3n) is 2.57. The van der Waals surface area contributed by atoms with Gasteiger partial charge in [-0.25, -0.2) is 0 Å². The van der Waals surface area contributed by atoms with Gasteiger partial charge in [0, 0.05) is 34.2 Å². The van der Waals surface area contributed by atoms with Crippen LogP contribution in [0.3, 0.4) is 0 Å². The maximum atomic E-state index is 11.3. The number of methoxy groups -OCH3 is 1. The predicted octanol–water partition coefficient (Wildman–Crippen LogP) is 0.888. The van der Waals surface area contributed by atoms with E-state index < -0.39 is 0 Å². The first kappa shape index (κ1) is 17.4. The van der Waals surface area contributed by atoms with E-state index in [0.717, 1.165) is 39.0 Å². The van der Waals surface area contributed by atoms with E-state index in [1.165, 1.54) is 0 Å². The molecule has 0 aliphatic rings. The first-order chi connectivity index (χ1) is 8.68. The van der Waals surface area contributed by atoms with Gasteiger partial charge in [0.05, 0.1) is 13.2 Å². The lowest BCUT2D eigenvalue weighted by molar-refractivity contribution is -0.128. The molecule has 0 fully saturated rings. The number of carbonyl (C=O) groups is 1. The van der Waals surface area contributed by atoms with Gasteiger partial charge in [0.25, 0.3) is 0 Å². The molecule has 0 heterocycles. The van der Waals surface area contributed by atoms with Gasteiger partial charge in [0.15, 0.2) is 0 Å². The molecule has 0 spiro atoms. The van der Waals surface area contributed by atoms with Crippen molar-refractivity contribution in [3.05, 3.63) is 0 Å². The fourth-order valence-electron chi connectivity index (χ4n) is 1.41. The van der Waals surface area contributed by atoms with Crippen molar-refractivity contribution in [1.29, 1.82) is 0 Å². The van der Waals surface area contributed by atoms with Gasteiger partial charge in [-0.2, -0.15) is 0 Å². The van der Waals surface area contributed by atoms with Crippen molar-refractivity contribution < 1.29 is 14.3 Å². The van der Waals surface area contributed by atoms with Crippen LogP contribution in [0.1, 0.15) is 25.7 Å². The molecule has 0 saturated carbocycles. The Morgan fingerprint density at radius 1 is 1.06 bits per heavy atom. The van der Waals surface area contributed by atoms with E-state index in [4.69, 9.17) is 9.47 Å². The third-order valence-corrected chi connectivity index (χ3v) is 2.57. The Labute approximate surface area is 111 Å². The molecule has 0 aliphatic carbocycles. The third kappa shape index (κ3) is 11.8. The Hall–Kier alpha value is -0.650. The van der Waals surface area contributed by atoms with E-state index in [1.54, 1.807) is 26.1 Å². The first-order valence-corrected chi connectivity index (χ1v) is 6.66. The Morgan fingerprint density at radius 2 is 1.78 bits per heavy atom. The van der Waals surface area contributed by atoms with Gasteiger partial charge >= 0.3 is 0 Å². The van der Waals surface area contributed by atoms with E-state index in [9.17, 15) is 4.79 Å². The van der Waals surface area contributed by atoms with Crippen LogP contribution in [0.15, 0.2) is 0 Å². The molecule has 5 heteroatoms. The number of hydrogen-bond acceptors (Lipinski definition) is 4. The summed E-state index contributed by atoms with van der Waals surface area (Å²) in [5.41, 5.74) is 0. The van der Waals surface area contributed by atoms with Gasteiger partial charge in [0.2, 0.25) is 5.91 Å². The SMILES string of the molecule is COCCOCCCCNCCCC(=O)N(C)C. The van der Waals surface area contributed by atoms with E-state index >= 15 is 0 Å². The highest BCUT2D eigenvalue weighted by molar-refractivity contribution is 5.75. The minimum absolute atomic E-state index is 0.198. The summed E-state index contributed by atoms with van der Waals surface area (Å²) >= 11 is 0. The lowest BCUT2D eigenvalue weighted by Crippen LogP contribution is -2.23. The van der Waals surface area contributed by atoms with Crippen LogP contribution in [0.2, 0.25) is 0 Å². The maximum Gasteiger partial charge on any atom is 0.222 e. The van der Waals surface area contributed by atoms with Crippen LogP contribution in [0.4, 0.5) is 0 Å². The second-order valence-corrected chi connectivity index (χ2v) is 4.45. The summed E-state index contributed by atoms with van der Waals surface area (Å²) in [6.45, 7) is 4.03. The van der Waals surface area contributed by atoms with Crippen molar-refractivity contribution in [3.8, 4) is 0 Å². The zero-order valence-electron chi connectivity index (χ0n) is 12.0. The molecule has 0 aromatic heterocycles. The van der Waals surface area contributed by atoms with Gasteiger partial charge in [-0.1, -0.05) is 0 Å². The molecular formula is C13H28N2O3. The fraction of sp³-hybridized carbons (Fsp3) is 0.923. The summed E-state index contributed by atoms with van der Waals surface area (Å²) in [6, 6.07) is 0. The van der Waals surface area contributed by atoms with Crippen molar-refractivity contribution in [2.75, 3.05) is 54.1 Å². The Kier molecular flexibility index (Phi) is 12.3. The molecule has 5 nitrogen and oxygen atoms in total. The van der Waals surface area contributed by atoms with Gasteiger partial charge in [0.1, 0.15) is 0 Å². The van der Waals surface area contributed by atoms with Crippen LogP contribution in [0.5, 0.6) is 0 Å². The van der Waals surface area contributed by atoms with Crippen LogP contribution in [-0.2, 0) is 14.3 Å². The largest absolute Gasteiger partial charge is 0.382 e. The van der Waals surface area contributed by atoms with Crippen LogP contribution in [0.25, 0.3) is 0 Å². The second-order valence-electron chi connectivity index (χ2n) is 4.45. The van der Waals surface area contributed by atoms with Gasteiger partial charge in [-0.05, 0) is 32.4 Å². The van der Waals surface area contributed by atoms with Crippen molar-refractivity contribution in [3.63, 3.8) is 0 Å². The second kappa shape index (κ2) is 12.8. The minimum Gasteiger partial charge on any atom is -0.382 e. The number of amides is 1. The molecule has 108 valence electrons. The highest BCUT2D eigenvalue weighted by atomic mass is 16.5. The van der Waals surface area contributed by atoms with Crippen molar-refractivity contribution >= 4 is 5.91 Å². The van der Waals surface area contributed by atoms with E-state index in [-0.39, 0.29) is 5.91 Å². The van der Waals surface area contributed by atoms with E-state index in [1.807, 2.05) is 0 Å². The fourth-order valence-corrected chi connectivity index (χ4v) is 1.41. The van der Waals surface area contributed by atoms with Crippen molar-refractivity contribution in [2.24, 2.45) is 0 Å². The van der Waals surface area contributed by atoms with E-state index in [2.05, 4.69) is 5.32 Å². The topological polar surface area (TPSA) is 50.8 Å². The lowest BCUT2D eigenvalue weighted by atomic mass is 10.2. The van der Waals surface area contributed by atoms with Gasteiger partial charge in [-0.15, -0.1) is 0 Å². The zero-order chi connectivity index (χ0) is 13.6. The molecule has 0 bridgehead atoms. The zero-order valence-corrected chi connectivity index (χ0v) is 12.0. The normalized spacial score (nSPS) is 10.6. The quantitative estimate of drug-likeness (QED) is 0.529. The number of nitrogens with one attached hydrogen (secondary N) is 1. The summed E-state index contributed by atoms with van der Waals surface area (Å²) in [5, 5.41) is 3.33. The number of ether oxygens (including phenoxy) is 2. The summed E-state index contributed by atoms with van der Waals surface area (Å²) < 4.78 is 10.2. The smallest absolute Gasteiger partial charge is 0.222 e. The first-order valence-electron chi connectivity index (χ1n) is 6.66. The molecule has 0 unspecified atom stereocenters. The van der Waals surface area contributed by atoms with E-state index in [0.29, 0.717) is 19.6 Å². The molecule has 0 rings (SSSR count). The standard InChI is InChI=1S/C13H28N2O3/c1-15(2)13(16)7-6-9-14-8-4-5-10-18-12-11-17-3/h14H,4-12H2,1-3H3. The molecule has 0 saturated heterocycles. The summed E-state index contributed by atoms with van der Waals surface area (Å²) in [6.07, 6.45) is 3.70. The lowest BCUT2D eigenvalue weighted by Gasteiger charge is -2.10. The molecule has 0 radical (unpaired) electrons. The van der Waals surface area contributed by atoms with Crippen LogP contribution < -0.4 is 5.32 Å². The monoisotopic (exact) mass is 260 g/mol. The number of hydrogen-bond donors (Lipinski definition) is 1.